The van der Waals surface area contributed by atoms with E-state index in [1.165, 1.54) is 4.68 Å². The molecular formula is C21H23N5O4S. The number of aromatic nitrogens is 3. The number of nitrogens with zero attached hydrogens (tertiary/aromatic N) is 3. The fraction of sp³-hybridized carbons (Fsp3) is 0.238. The third kappa shape index (κ3) is 6.48. The summed E-state index contributed by atoms with van der Waals surface area (Å²) in [6.45, 7) is 3.70. The molecule has 0 aliphatic carbocycles. The van der Waals surface area contributed by atoms with Crippen LogP contribution < -0.4 is 15.9 Å². The summed E-state index contributed by atoms with van der Waals surface area (Å²) in [6.07, 6.45) is -0.223. The number of amides is 1. The number of nitrogen functional groups attached to an aromatic ring is 1. The highest BCUT2D eigenvalue weighted by atomic mass is 32.2. The van der Waals surface area contributed by atoms with E-state index in [1.807, 2.05) is 30.3 Å². The molecule has 0 fully saturated rings. The Hall–Kier alpha value is -3.53. The molecule has 0 aliphatic rings. The van der Waals surface area contributed by atoms with Crippen molar-refractivity contribution in [2.45, 2.75) is 31.7 Å². The number of anilines is 1. The monoisotopic (exact) mass is 441 g/mol. The van der Waals surface area contributed by atoms with E-state index in [0.29, 0.717) is 28.0 Å². The number of ether oxygens (including phenoxy) is 2. The number of rotatable bonds is 9. The van der Waals surface area contributed by atoms with Crippen LogP contribution in [-0.4, -0.2) is 38.6 Å². The first kappa shape index (κ1) is 22.2. The largest absolute Gasteiger partial charge is 0.486 e. The molecule has 0 saturated heterocycles. The summed E-state index contributed by atoms with van der Waals surface area (Å²) in [4.78, 5) is 24.3. The van der Waals surface area contributed by atoms with Gasteiger partial charge < -0.3 is 20.6 Å². The van der Waals surface area contributed by atoms with Crippen molar-refractivity contribution in [3.63, 3.8) is 0 Å². The average Bonchev–Trinajstić information content (AvgIpc) is 3.10. The summed E-state index contributed by atoms with van der Waals surface area (Å²) in [5.41, 5.74) is 0.860. The smallest absolute Gasteiger partial charge is 0.338 e. The predicted octanol–water partition coefficient (Wildman–Crippen LogP) is 2.87. The molecule has 0 radical (unpaired) electrons. The van der Waals surface area contributed by atoms with Crippen LogP contribution in [0.2, 0.25) is 0 Å². The van der Waals surface area contributed by atoms with Crippen molar-refractivity contribution in [3.8, 4) is 5.75 Å². The Kier molecular flexibility index (Phi) is 7.50. The average molecular weight is 442 g/mol. The second-order valence-corrected chi connectivity index (χ2v) is 7.68. The van der Waals surface area contributed by atoms with Crippen LogP contribution in [0.4, 0.5) is 5.69 Å². The van der Waals surface area contributed by atoms with Gasteiger partial charge in [0.05, 0.1) is 17.4 Å². The zero-order valence-electron chi connectivity index (χ0n) is 17.1. The molecule has 3 aromatic rings. The van der Waals surface area contributed by atoms with Crippen LogP contribution in [0.1, 0.15) is 30.0 Å². The lowest BCUT2D eigenvalue weighted by Gasteiger charge is -2.10. The molecule has 9 nitrogen and oxygen atoms in total. The molecule has 0 spiro atoms. The topological polar surface area (TPSA) is 121 Å². The fourth-order valence-corrected chi connectivity index (χ4v) is 3.18. The van der Waals surface area contributed by atoms with Gasteiger partial charge in [0.2, 0.25) is 11.1 Å². The number of carbonyl (C=O) groups is 2. The van der Waals surface area contributed by atoms with Crippen molar-refractivity contribution in [2.75, 3.05) is 16.9 Å². The number of hydrogen-bond acceptors (Lipinski definition) is 8. The highest BCUT2D eigenvalue weighted by molar-refractivity contribution is 7.99. The first-order valence-electron chi connectivity index (χ1n) is 9.53. The SMILES string of the molecule is CC(C)OC(=O)c1cccc(NC(=O)CSc2nnc(COc3ccccc3)n2N)c1. The zero-order valence-corrected chi connectivity index (χ0v) is 18.0. The Labute approximate surface area is 183 Å². The number of para-hydroxylation sites is 1. The second-order valence-electron chi connectivity index (χ2n) is 6.74. The minimum absolute atomic E-state index is 0.0650. The molecule has 3 N–H and O–H groups in total. The molecule has 0 atom stereocenters. The predicted molar refractivity (Wildman–Crippen MR) is 117 cm³/mol. The van der Waals surface area contributed by atoms with E-state index in [2.05, 4.69) is 15.5 Å². The fourth-order valence-electron chi connectivity index (χ4n) is 2.50. The van der Waals surface area contributed by atoms with Gasteiger partial charge in [-0.05, 0) is 44.2 Å². The molecule has 1 amide bonds. The number of esters is 1. The number of nitrogens with one attached hydrogen (secondary N) is 1. The maximum Gasteiger partial charge on any atom is 0.338 e. The maximum absolute atomic E-state index is 12.3. The van der Waals surface area contributed by atoms with Crippen molar-refractivity contribution >= 4 is 29.3 Å². The first-order chi connectivity index (χ1) is 14.9. The number of carbonyl (C=O) groups excluding carboxylic acids is 2. The van der Waals surface area contributed by atoms with E-state index in [1.54, 1.807) is 38.1 Å². The molecule has 0 bridgehead atoms. The Morgan fingerprint density at radius 1 is 1.13 bits per heavy atom. The third-order valence-electron chi connectivity index (χ3n) is 3.90. The van der Waals surface area contributed by atoms with E-state index < -0.39 is 5.97 Å². The molecule has 10 heteroatoms. The molecule has 31 heavy (non-hydrogen) atoms. The van der Waals surface area contributed by atoms with Gasteiger partial charge in [-0.1, -0.05) is 36.0 Å². The van der Waals surface area contributed by atoms with Gasteiger partial charge >= 0.3 is 5.97 Å². The summed E-state index contributed by atoms with van der Waals surface area (Å²) in [5.74, 6) is 6.48. The molecule has 3 rings (SSSR count). The number of nitrogens with two attached hydrogens (primary N) is 1. The van der Waals surface area contributed by atoms with Gasteiger partial charge in [0, 0.05) is 5.69 Å². The molecule has 2 aromatic carbocycles. The Bertz CT molecular complexity index is 1040. The van der Waals surface area contributed by atoms with Gasteiger partial charge in [-0.25, -0.2) is 9.47 Å². The lowest BCUT2D eigenvalue weighted by molar-refractivity contribution is -0.113. The second kappa shape index (κ2) is 10.5. The van der Waals surface area contributed by atoms with Gasteiger partial charge in [-0.2, -0.15) is 0 Å². The molecule has 162 valence electrons. The van der Waals surface area contributed by atoms with Gasteiger partial charge in [0.25, 0.3) is 0 Å². The zero-order chi connectivity index (χ0) is 22.2. The Morgan fingerprint density at radius 3 is 2.65 bits per heavy atom. The molecule has 0 aliphatic heterocycles. The van der Waals surface area contributed by atoms with Crippen molar-refractivity contribution in [3.05, 3.63) is 66.0 Å². The maximum atomic E-state index is 12.3. The highest BCUT2D eigenvalue weighted by Gasteiger charge is 2.14. The van der Waals surface area contributed by atoms with Crippen LogP contribution in [0.25, 0.3) is 0 Å². The van der Waals surface area contributed by atoms with Gasteiger partial charge in [-0.3, -0.25) is 4.79 Å². The molecule has 1 aromatic heterocycles. The van der Waals surface area contributed by atoms with Crippen LogP contribution in [0.5, 0.6) is 5.75 Å². The highest BCUT2D eigenvalue weighted by Crippen LogP contribution is 2.18. The Morgan fingerprint density at radius 2 is 1.90 bits per heavy atom. The lowest BCUT2D eigenvalue weighted by atomic mass is 10.2. The Balaban J connectivity index is 1.52. The minimum Gasteiger partial charge on any atom is -0.486 e. The molecular weight excluding hydrogens is 418 g/mol. The summed E-state index contributed by atoms with van der Waals surface area (Å²) < 4.78 is 12.1. The summed E-state index contributed by atoms with van der Waals surface area (Å²) in [6, 6.07) is 15.9. The van der Waals surface area contributed by atoms with E-state index >= 15 is 0 Å². The summed E-state index contributed by atoms with van der Waals surface area (Å²) in [7, 11) is 0. The number of thioether (sulfide) groups is 1. The summed E-state index contributed by atoms with van der Waals surface area (Å²) in [5, 5.41) is 11.1. The van der Waals surface area contributed by atoms with Crippen LogP contribution in [0.15, 0.2) is 59.8 Å². The van der Waals surface area contributed by atoms with Crippen molar-refractivity contribution in [1.29, 1.82) is 0 Å². The third-order valence-corrected chi connectivity index (χ3v) is 4.85. The minimum atomic E-state index is -0.443. The normalized spacial score (nSPS) is 10.7. The molecule has 1 heterocycles. The van der Waals surface area contributed by atoms with Gasteiger partial charge in [-0.15, -0.1) is 10.2 Å². The van der Waals surface area contributed by atoms with Crippen LogP contribution in [-0.2, 0) is 16.1 Å². The number of hydrogen-bond donors (Lipinski definition) is 2. The van der Waals surface area contributed by atoms with Crippen molar-refractivity contribution in [2.24, 2.45) is 0 Å². The van der Waals surface area contributed by atoms with Crippen molar-refractivity contribution in [1.82, 2.24) is 14.9 Å². The summed E-state index contributed by atoms with van der Waals surface area (Å²) >= 11 is 1.14. The first-order valence-corrected chi connectivity index (χ1v) is 10.5. The van der Waals surface area contributed by atoms with E-state index in [0.717, 1.165) is 11.8 Å². The van der Waals surface area contributed by atoms with Crippen LogP contribution in [0.3, 0.4) is 0 Å². The van der Waals surface area contributed by atoms with Crippen molar-refractivity contribution < 1.29 is 19.1 Å². The standard InChI is InChI=1S/C21H23N5O4S/c1-14(2)30-20(28)15-7-6-8-16(11-15)23-19(27)13-31-21-25-24-18(26(21)22)12-29-17-9-4-3-5-10-17/h3-11,14H,12-13,22H2,1-2H3,(H,23,27). The molecule has 0 saturated carbocycles. The lowest BCUT2D eigenvalue weighted by Crippen LogP contribution is -2.18. The quantitative estimate of drug-likeness (QED) is 0.295. The van der Waals surface area contributed by atoms with Crippen LogP contribution >= 0.6 is 11.8 Å². The van der Waals surface area contributed by atoms with E-state index in [9.17, 15) is 9.59 Å². The van der Waals surface area contributed by atoms with E-state index in [4.69, 9.17) is 15.3 Å². The van der Waals surface area contributed by atoms with E-state index in [-0.39, 0.29) is 24.4 Å². The van der Waals surface area contributed by atoms with Gasteiger partial charge in [0.1, 0.15) is 12.4 Å². The number of benzene rings is 2. The van der Waals surface area contributed by atoms with Gasteiger partial charge in [0.15, 0.2) is 5.82 Å². The molecule has 0 unspecified atom stereocenters. The van der Waals surface area contributed by atoms with Crippen LogP contribution in [0, 0.1) is 0 Å².